The first-order chi connectivity index (χ1) is 20.2. The number of rotatable bonds is 11. The third kappa shape index (κ3) is 7.30. The van der Waals surface area contributed by atoms with E-state index in [2.05, 4.69) is 4.72 Å². The number of likely N-dealkylation sites (tertiary alicyclic amines) is 1. The zero-order valence-electron chi connectivity index (χ0n) is 23.8. The molecule has 0 spiro atoms. The summed E-state index contributed by atoms with van der Waals surface area (Å²) in [6, 6.07) is 13.7. The number of nitrogens with zero attached hydrogens (tertiary/aromatic N) is 1. The smallest absolute Gasteiger partial charge is 0.298 e. The van der Waals surface area contributed by atoms with Crippen molar-refractivity contribution in [3.63, 3.8) is 0 Å². The zero-order valence-corrected chi connectivity index (χ0v) is 25.4. The number of fused-ring (bicyclic) bond motifs is 1. The third-order valence-electron chi connectivity index (χ3n) is 7.92. The van der Waals surface area contributed by atoms with Gasteiger partial charge >= 0.3 is 0 Å². The SMILES string of the molecule is CCCOc1cc(C(F)(F)C(NSc2ccc3cc(OC4CCCC4)ccc3c2)C(=O)N2CCC(N)CC2)ccc1Cl. The number of nitrogens with one attached hydrogen (secondary N) is 1. The van der Waals surface area contributed by atoms with Crippen LogP contribution in [0.3, 0.4) is 0 Å². The fourth-order valence-electron chi connectivity index (χ4n) is 5.45. The number of piperidine rings is 1. The Morgan fingerprint density at radius 2 is 1.79 bits per heavy atom. The summed E-state index contributed by atoms with van der Waals surface area (Å²) in [6.45, 7) is 2.94. The van der Waals surface area contributed by atoms with Gasteiger partial charge in [-0.15, -0.1) is 0 Å². The molecule has 1 saturated carbocycles. The Kier molecular flexibility index (Phi) is 10.1. The standard InChI is InChI=1S/C32H38ClF2N3O3S/c1-2-17-40-29-20-23(9-12-28(29)33)32(34,35)30(31(39)38-15-13-24(36)14-16-38)37-42-27-11-8-21-18-26(10-7-22(21)19-27)41-25-5-3-4-6-25/h7-12,18-20,24-25,30,37H,2-6,13-17,36H2,1H3. The van der Waals surface area contributed by atoms with Crippen LogP contribution in [0.4, 0.5) is 8.78 Å². The summed E-state index contributed by atoms with van der Waals surface area (Å²) in [6.07, 6.45) is 6.68. The van der Waals surface area contributed by atoms with Crippen molar-refractivity contribution in [2.75, 3.05) is 19.7 Å². The molecule has 1 unspecified atom stereocenters. The van der Waals surface area contributed by atoms with E-state index in [0.717, 1.165) is 41.3 Å². The molecule has 3 aromatic rings. The van der Waals surface area contributed by atoms with Gasteiger partial charge in [0, 0.05) is 29.6 Å². The first kappa shape index (κ1) is 30.9. The van der Waals surface area contributed by atoms with E-state index in [-0.39, 0.29) is 28.5 Å². The quantitative estimate of drug-likeness (QED) is 0.220. The summed E-state index contributed by atoms with van der Waals surface area (Å²) in [5.74, 6) is -3.21. The first-order valence-corrected chi connectivity index (χ1v) is 15.9. The van der Waals surface area contributed by atoms with Crippen LogP contribution in [0.1, 0.15) is 57.4 Å². The Bertz CT molecular complexity index is 1380. The number of hydrogen-bond donors (Lipinski definition) is 2. The minimum absolute atomic E-state index is 0.0356. The Labute approximate surface area is 255 Å². The number of carbonyl (C=O) groups excluding carboxylic acids is 1. The summed E-state index contributed by atoms with van der Waals surface area (Å²) in [7, 11) is 0. The summed E-state index contributed by atoms with van der Waals surface area (Å²) in [5, 5.41) is 2.19. The molecule has 1 heterocycles. The van der Waals surface area contributed by atoms with E-state index in [9.17, 15) is 4.79 Å². The van der Waals surface area contributed by atoms with Gasteiger partial charge in [-0.1, -0.05) is 36.7 Å². The van der Waals surface area contributed by atoms with Crippen LogP contribution in [0.25, 0.3) is 10.8 Å². The summed E-state index contributed by atoms with van der Waals surface area (Å²) in [4.78, 5) is 15.8. The van der Waals surface area contributed by atoms with Crippen LogP contribution in [0.15, 0.2) is 59.5 Å². The maximum atomic E-state index is 16.2. The lowest BCUT2D eigenvalue weighted by Crippen LogP contribution is -2.55. The van der Waals surface area contributed by atoms with Crippen LogP contribution in [0.5, 0.6) is 11.5 Å². The van der Waals surface area contributed by atoms with E-state index in [1.807, 2.05) is 43.3 Å². The van der Waals surface area contributed by atoms with Crippen molar-refractivity contribution < 1.29 is 23.0 Å². The monoisotopic (exact) mass is 617 g/mol. The highest BCUT2D eigenvalue weighted by Gasteiger charge is 2.48. The number of nitrogens with two attached hydrogens (primary N) is 1. The molecule has 2 aliphatic rings. The fourth-order valence-corrected chi connectivity index (χ4v) is 6.44. The van der Waals surface area contributed by atoms with Crippen LogP contribution in [0, 0.1) is 0 Å². The maximum absolute atomic E-state index is 16.2. The molecule has 1 atom stereocenters. The largest absolute Gasteiger partial charge is 0.492 e. The first-order valence-electron chi connectivity index (χ1n) is 14.7. The lowest BCUT2D eigenvalue weighted by Gasteiger charge is -2.35. The van der Waals surface area contributed by atoms with Crippen LogP contribution in [0.2, 0.25) is 5.02 Å². The molecular weight excluding hydrogens is 580 g/mol. The van der Waals surface area contributed by atoms with E-state index < -0.39 is 17.9 Å². The average Bonchev–Trinajstić information content (AvgIpc) is 3.50. The van der Waals surface area contributed by atoms with Crippen molar-refractivity contribution >= 4 is 40.2 Å². The van der Waals surface area contributed by atoms with Crippen molar-refractivity contribution in [1.82, 2.24) is 9.62 Å². The molecule has 3 N–H and O–H groups in total. The topological polar surface area (TPSA) is 76.8 Å². The van der Waals surface area contributed by atoms with Crippen molar-refractivity contribution in [3.05, 3.63) is 65.2 Å². The highest BCUT2D eigenvalue weighted by atomic mass is 35.5. The highest BCUT2D eigenvalue weighted by molar-refractivity contribution is 7.97. The van der Waals surface area contributed by atoms with Crippen LogP contribution in [-0.4, -0.2) is 48.7 Å². The molecule has 1 saturated heterocycles. The molecule has 0 radical (unpaired) electrons. The van der Waals surface area contributed by atoms with Gasteiger partial charge < -0.3 is 20.1 Å². The van der Waals surface area contributed by atoms with Crippen molar-refractivity contribution in [2.45, 2.75) is 80.9 Å². The normalized spacial score (nSPS) is 17.5. The van der Waals surface area contributed by atoms with Gasteiger partial charge in [0.05, 0.1) is 17.7 Å². The minimum Gasteiger partial charge on any atom is -0.492 e. The number of amides is 1. The summed E-state index contributed by atoms with van der Waals surface area (Å²) < 4.78 is 47.0. The van der Waals surface area contributed by atoms with Gasteiger partial charge in [-0.2, -0.15) is 8.78 Å². The molecule has 42 heavy (non-hydrogen) atoms. The van der Waals surface area contributed by atoms with Crippen molar-refractivity contribution in [1.29, 1.82) is 0 Å². The number of benzene rings is 3. The van der Waals surface area contributed by atoms with Gasteiger partial charge in [-0.3, -0.25) is 4.79 Å². The number of ether oxygens (including phenoxy) is 2. The van der Waals surface area contributed by atoms with E-state index in [4.69, 9.17) is 26.8 Å². The highest BCUT2D eigenvalue weighted by Crippen LogP contribution is 2.39. The molecule has 1 aliphatic heterocycles. The van der Waals surface area contributed by atoms with Gasteiger partial charge in [-0.05, 0) is 104 Å². The maximum Gasteiger partial charge on any atom is 0.298 e. The van der Waals surface area contributed by atoms with Crippen LogP contribution >= 0.6 is 23.5 Å². The fraction of sp³-hybridized carbons (Fsp3) is 0.469. The number of hydrogen-bond acceptors (Lipinski definition) is 6. The van der Waals surface area contributed by atoms with Crippen molar-refractivity contribution in [2.24, 2.45) is 5.73 Å². The van der Waals surface area contributed by atoms with Gasteiger partial charge in [-0.25, -0.2) is 4.72 Å². The second-order valence-corrected chi connectivity index (χ2v) is 12.4. The molecule has 3 aromatic carbocycles. The molecule has 10 heteroatoms. The third-order valence-corrected chi connectivity index (χ3v) is 9.08. The van der Waals surface area contributed by atoms with E-state index >= 15 is 8.78 Å². The number of halogens is 3. The lowest BCUT2D eigenvalue weighted by atomic mass is 9.98. The lowest BCUT2D eigenvalue weighted by molar-refractivity contribution is -0.145. The second-order valence-electron chi connectivity index (χ2n) is 11.1. The van der Waals surface area contributed by atoms with E-state index in [1.54, 1.807) is 0 Å². The van der Waals surface area contributed by atoms with E-state index in [0.29, 0.717) is 43.9 Å². The molecule has 6 nitrogen and oxygen atoms in total. The molecule has 226 valence electrons. The predicted octanol–water partition coefficient (Wildman–Crippen LogP) is 7.31. The minimum atomic E-state index is -3.55. The van der Waals surface area contributed by atoms with Gasteiger partial charge in [0.1, 0.15) is 11.5 Å². The average molecular weight is 618 g/mol. The Balaban J connectivity index is 1.37. The molecule has 5 rings (SSSR count). The Morgan fingerprint density at radius 1 is 1.07 bits per heavy atom. The van der Waals surface area contributed by atoms with Gasteiger partial charge in [0.2, 0.25) is 5.91 Å². The Morgan fingerprint density at radius 3 is 2.52 bits per heavy atom. The zero-order chi connectivity index (χ0) is 29.7. The summed E-state index contributed by atoms with van der Waals surface area (Å²) in [5.41, 5.74) is 5.67. The molecule has 1 amide bonds. The van der Waals surface area contributed by atoms with Crippen LogP contribution < -0.4 is 19.9 Å². The molecule has 2 fully saturated rings. The Hall–Kier alpha value is -2.59. The molecule has 0 bridgehead atoms. The number of carbonyl (C=O) groups is 1. The van der Waals surface area contributed by atoms with E-state index in [1.165, 1.54) is 35.9 Å². The van der Waals surface area contributed by atoms with Crippen molar-refractivity contribution in [3.8, 4) is 11.5 Å². The number of alkyl halides is 2. The van der Waals surface area contributed by atoms with Gasteiger partial charge in [0.25, 0.3) is 5.92 Å². The molecular formula is C32H38ClF2N3O3S. The second kappa shape index (κ2) is 13.8. The van der Waals surface area contributed by atoms with Crippen LogP contribution in [-0.2, 0) is 10.7 Å². The predicted molar refractivity (Wildman–Crippen MR) is 165 cm³/mol. The summed E-state index contributed by atoms with van der Waals surface area (Å²) >= 11 is 7.23. The molecule has 1 aliphatic carbocycles. The molecule has 0 aromatic heterocycles. The van der Waals surface area contributed by atoms with Gasteiger partial charge in [0.15, 0.2) is 6.04 Å².